The van der Waals surface area contributed by atoms with Gasteiger partial charge in [-0.05, 0) is 30.7 Å². The molecule has 2 aromatic rings. The van der Waals surface area contributed by atoms with Gasteiger partial charge in [-0.3, -0.25) is 14.5 Å². The molecule has 0 bridgehead atoms. The number of carboxylic acid groups (broad SMARTS) is 1. The second-order valence-electron chi connectivity index (χ2n) is 6.72. The molecule has 2 atom stereocenters. The molecule has 2 aliphatic heterocycles. The van der Waals surface area contributed by atoms with E-state index in [-0.39, 0.29) is 18.1 Å². The maximum Gasteiger partial charge on any atom is 0.352 e. The minimum atomic E-state index is -1.15. The minimum Gasteiger partial charge on any atom is -0.477 e. The maximum absolute atomic E-state index is 12.6. The molecular weight excluding hydrogens is 426 g/mol. The number of carbonyl (C=O) groups excluding carboxylic acids is 2. The first kappa shape index (κ1) is 20.2. The molecule has 0 saturated carbocycles. The molecule has 2 aliphatic rings. The molecule has 2 amide bonds. The van der Waals surface area contributed by atoms with Crippen molar-refractivity contribution >= 4 is 61.9 Å². The van der Waals surface area contributed by atoms with Crippen molar-refractivity contribution in [2.45, 2.75) is 18.3 Å². The third kappa shape index (κ3) is 3.61. The van der Waals surface area contributed by atoms with Gasteiger partial charge in [-0.25, -0.2) is 9.78 Å². The Labute approximate surface area is 180 Å². The van der Waals surface area contributed by atoms with Crippen molar-refractivity contribution in [2.75, 3.05) is 23.3 Å². The first-order valence-corrected chi connectivity index (χ1v) is 11.0. The van der Waals surface area contributed by atoms with Gasteiger partial charge < -0.3 is 21.5 Å². The van der Waals surface area contributed by atoms with E-state index >= 15 is 0 Å². The number of aliphatic carboxylic acids is 1. The summed E-state index contributed by atoms with van der Waals surface area (Å²) in [5.74, 6) is -1.45. The summed E-state index contributed by atoms with van der Waals surface area (Å²) in [4.78, 5) is 42.0. The highest BCUT2D eigenvalue weighted by atomic mass is 32.2. The number of anilines is 2. The molecule has 1 unspecified atom stereocenters. The van der Waals surface area contributed by atoms with Crippen LogP contribution in [0.5, 0.6) is 0 Å². The predicted molar refractivity (Wildman–Crippen MR) is 117 cm³/mol. The molecule has 0 radical (unpaired) electrons. The van der Waals surface area contributed by atoms with Gasteiger partial charge in [0.05, 0.1) is 16.8 Å². The van der Waals surface area contributed by atoms with Crippen molar-refractivity contribution in [1.82, 2.24) is 15.2 Å². The van der Waals surface area contributed by atoms with Gasteiger partial charge >= 0.3 is 5.97 Å². The number of β-lactam (4-membered cyclic amide) rings is 1. The second kappa shape index (κ2) is 8.00. The van der Waals surface area contributed by atoms with Gasteiger partial charge in [0.15, 0.2) is 5.13 Å². The Hall–Kier alpha value is -3.05. The third-order valence-electron chi connectivity index (χ3n) is 4.74. The van der Waals surface area contributed by atoms with Crippen LogP contribution in [0, 0.1) is 0 Å². The summed E-state index contributed by atoms with van der Waals surface area (Å²) in [5.41, 5.74) is 7.81. The number of fused-ring (bicyclic) bond motifs is 2. The lowest BCUT2D eigenvalue weighted by molar-refractivity contribution is -0.150. The number of hydrogen-bond acceptors (Lipinski definition) is 8. The van der Waals surface area contributed by atoms with E-state index in [2.05, 4.69) is 15.6 Å². The predicted octanol–water partition coefficient (Wildman–Crippen LogP) is 1.61. The number of hydrogen-bond donors (Lipinski definition) is 4. The van der Waals surface area contributed by atoms with Crippen molar-refractivity contribution in [3.05, 3.63) is 41.6 Å². The first-order chi connectivity index (χ1) is 14.4. The van der Waals surface area contributed by atoms with E-state index in [1.54, 1.807) is 25.1 Å². The number of allylic oxidation sites excluding steroid dienone is 2. The number of aromatic nitrogens is 1. The fourth-order valence-electron chi connectivity index (χ4n) is 3.43. The van der Waals surface area contributed by atoms with Crippen LogP contribution in [0.15, 0.2) is 41.6 Å². The topological polar surface area (TPSA) is 138 Å². The van der Waals surface area contributed by atoms with E-state index in [9.17, 15) is 19.5 Å². The van der Waals surface area contributed by atoms with E-state index in [4.69, 9.17) is 5.73 Å². The molecule has 0 spiro atoms. The summed E-state index contributed by atoms with van der Waals surface area (Å²) in [6.07, 6.45) is 3.44. The number of thiazole rings is 1. The zero-order valence-corrected chi connectivity index (χ0v) is 17.5. The molecule has 30 heavy (non-hydrogen) atoms. The lowest BCUT2D eigenvalue weighted by atomic mass is 10.0. The van der Waals surface area contributed by atoms with Crippen molar-refractivity contribution < 1.29 is 19.5 Å². The largest absolute Gasteiger partial charge is 0.477 e. The highest BCUT2D eigenvalue weighted by Crippen LogP contribution is 2.40. The molecule has 4 rings (SSSR count). The van der Waals surface area contributed by atoms with E-state index in [1.165, 1.54) is 28.0 Å². The van der Waals surface area contributed by atoms with Crippen molar-refractivity contribution in [2.24, 2.45) is 0 Å². The molecule has 5 N–H and O–H groups in total. The van der Waals surface area contributed by atoms with Crippen LogP contribution in [0.1, 0.15) is 6.92 Å². The van der Waals surface area contributed by atoms with Crippen molar-refractivity contribution in [3.63, 3.8) is 0 Å². The Kier molecular flexibility index (Phi) is 5.39. The Bertz CT molecular complexity index is 1110. The molecule has 1 fully saturated rings. The molecule has 1 aromatic carbocycles. The van der Waals surface area contributed by atoms with Gasteiger partial charge in [-0.2, -0.15) is 0 Å². The summed E-state index contributed by atoms with van der Waals surface area (Å²) in [5, 5.41) is 15.3. The van der Waals surface area contributed by atoms with Crippen molar-refractivity contribution in [1.29, 1.82) is 0 Å². The Balaban J connectivity index is 1.38. The zero-order valence-electron chi connectivity index (χ0n) is 15.9. The Morgan fingerprint density at radius 1 is 1.43 bits per heavy atom. The molecule has 1 saturated heterocycles. The Morgan fingerprint density at radius 3 is 2.97 bits per heavy atom. The lowest BCUT2D eigenvalue weighted by Gasteiger charge is -2.49. The summed E-state index contributed by atoms with van der Waals surface area (Å²) in [6.45, 7) is 1.77. The van der Waals surface area contributed by atoms with Gasteiger partial charge in [0.1, 0.15) is 17.1 Å². The second-order valence-corrected chi connectivity index (χ2v) is 8.89. The molecule has 11 heteroatoms. The number of amides is 2. The average molecular weight is 446 g/mol. The standard InChI is InChI=1S/C19H19N5O4S2/c1-2-3-9-8-29-17-14(16(26)24(17)15(9)18(27)28)23-13(25)7-21-10-4-5-11-12(6-10)30-19(20)22-11/h2-6,14,17,21H,7-8H2,1H3,(H2,20,22)(H,23,25)(H,27,28)/b3-2-/t14?,17-/m0/s1. The van der Waals surface area contributed by atoms with Gasteiger partial charge in [0, 0.05) is 11.4 Å². The maximum atomic E-state index is 12.6. The van der Waals surface area contributed by atoms with Crippen LogP contribution < -0.4 is 16.4 Å². The molecule has 0 aliphatic carbocycles. The number of carbonyl (C=O) groups is 3. The number of rotatable bonds is 6. The fraction of sp³-hybridized carbons (Fsp3) is 0.263. The van der Waals surface area contributed by atoms with Crippen LogP contribution in [-0.2, 0) is 14.4 Å². The summed E-state index contributed by atoms with van der Waals surface area (Å²) in [6, 6.07) is 4.73. The van der Waals surface area contributed by atoms with Crippen LogP contribution in [0.2, 0.25) is 0 Å². The zero-order chi connectivity index (χ0) is 21.4. The fourth-order valence-corrected chi connectivity index (χ4v) is 5.52. The van der Waals surface area contributed by atoms with Crippen LogP contribution >= 0.6 is 23.1 Å². The van der Waals surface area contributed by atoms with E-state index in [0.29, 0.717) is 16.5 Å². The van der Waals surface area contributed by atoms with Gasteiger partial charge in [0.2, 0.25) is 5.91 Å². The first-order valence-electron chi connectivity index (χ1n) is 9.12. The van der Waals surface area contributed by atoms with Crippen molar-refractivity contribution in [3.8, 4) is 0 Å². The molecule has 9 nitrogen and oxygen atoms in total. The van der Waals surface area contributed by atoms with Gasteiger partial charge in [-0.1, -0.05) is 23.5 Å². The van der Waals surface area contributed by atoms with Crippen LogP contribution in [0.4, 0.5) is 10.8 Å². The number of thioether (sulfide) groups is 1. The van der Waals surface area contributed by atoms with Crippen LogP contribution in [0.3, 0.4) is 0 Å². The highest BCUT2D eigenvalue weighted by Gasteiger charge is 2.53. The summed E-state index contributed by atoms with van der Waals surface area (Å²) < 4.78 is 0.909. The smallest absolute Gasteiger partial charge is 0.352 e. The molecule has 3 heterocycles. The van der Waals surface area contributed by atoms with Gasteiger partial charge in [-0.15, -0.1) is 11.8 Å². The number of nitrogens with zero attached hydrogens (tertiary/aromatic N) is 2. The highest BCUT2D eigenvalue weighted by molar-refractivity contribution is 8.00. The SMILES string of the molecule is C/C=C\C1=C(C(=O)O)N2C(=O)C(NC(=O)CNc3ccc4nc(N)sc4c3)[C@@H]2SC1. The number of nitrogens with one attached hydrogen (secondary N) is 2. The quantitative estimate of drug-likeness (QED) is 0.492. The average Bonchev–Trinajstić information content (AvgIpc) is 3.09. The minimum absolute atomic E-state index is 0.0115. The normalized spacial score (nSPS) is 21.0. The van der Waals surface area contributed by atoms with E-state index < -0.39 is 23.3 Å². The number of carboxylic acids is 1. The number of nitrogens with two attached hydrogens (primary N) is 1. The van der Waals surface area contributed by atoms with Crippen LogP contribution in [0.25, 0.3) is 10.2 Å². The van der Waals surface area contributed by atoms with E-state index in [0.717, 1.165) is 15.9 Å². The summed E-state index contributed by atoms with van der Waals surface area (Å²) >= 11 is 2.79. The lowest BCUT2D eigenvalue weighted by Crippen LogP contribution is -2.70. The number of benzene rings is 1. The Morgan fingerprint density at radius 2 is 2.23 bits per heavy atom. The molecule has 156 valence electrons. The van der Waals surface area contributed by atoms with Gasteiger partial charge in [0.25, 0.3) is 5.91 Å². The molecular formula is C19H19N5O4S2. The monoisotopic (exact) mass is 445 g/mol. The molecule has 1 aromatic heterocycles. The van der Waals surface area contributed by atoms with E-state index in [1.807, 2.05) is 12.1 Å². The number of nitrogen functional groups attached to an aromatic ring is 1. The summed E-state index contributed by atoms with van der Waals surface area (Å²) in [7, 11) is 0. The van der Waals surface area contributed by atoms with Crippen LogP contribution in [-0.4, -0.2) is 56.5 Å². The third-order valence-corrected chi connectivity index (χ3v) is 6.89.